The lowest BCUT2D eigenvalue weighted by molar-refractivity contribution is -0.137. The summed E-state index contributed by atoms with van der Waals surface area (Å²) in [5.74, 6) is -0.755. The van der Waals surface area contributed by atoms with Crippen molar-refractivity contribution in [3.8, 4) is 0 Å². The first-order valence-electron chi connectivity index (χ1n) is 5.54. The van der Waals surface area contributed by atoms with Crippen LogP contribution in [0, 0.1) is 0 Å². The Morgan fingerprint density at radius 3 is 3.12 bits per heavy atom. The number of rotatable bonds is 6. The van der Waals surface area contributed by atoms with E-state index in [2.05, 4.69) is 9.88 Å². The zero-order valence-electron chi connectivity index (χ0n) is 9.67. The van der Waals surface area contributed by atoms with E-state index in [0.29, 0.717) is 13.1 Å². The van der Waals surface area contributed by atoms with Gasteiger partial charge in [0.05, 0.1) is 12.1 Å². The normalized spacial score (nSPS) is 11.4. The molecule has 0 aliphatic heterocycles. The molecule has 5 nitrogen and oxygen atoms in total. The van der Waals surface area contributed by atoms with Crippen LogP contribution in [0.3, 0.4) is 0 Å². The fourth-order valence-corrected chi connectivity index (χ4v) is 2.40. The van der Waals surface area contributed by atoms with Crippen LogP contribution in [0.1, 0.15) is 19.0 Å². The molecule has 0 aromatic carbocycles. The molecule has 0 radical (unpaired) electrons. The number of fused-ring (bicyclic) bond motifs is 1. The van der Waals surface area contributed by atoms with Gasteiger partial charge in [0.2, 0.25) is 0 Å². The largest absolute Gasteiger partial charge is 0.481 e. The molecule has 0 aliphatic rings. The van der Waals surface area contributed by atoms with E-state index in [9.17, 15) is 4.79 Å². The lowest BCUT2D eigenvalue weighted by Gasteiger charge is -2.17. The number of hydrogen-bond donors (Lipinski definition) is 1. The van der Waals surface area contributed by atoms with Gasteiger partial charge in [0.25, 0.3) is 0 Å². The van der Waals surface area contributed by atoms with E-state index in [1.165, 1.54) is 0 Å². The van der Waals surface area contributed by atoms with Gasteiger partial charge in [-0.15, -0.1) is 11.3 Å². The Morgan fingerprint density at radius 2 is 2.47 bits per heavy atom. The van der Waals surface area contributed by atoms with Gasteiger partial charge in [-0.1, -0.05) is 6.92 Å². The molecule has 2 aromatic heterocycles. The number of carbonyl (C=O) groups is 1. The number of nitrogens with zero attached hydrogens (tertiary/aromatic N) is 3. The van der Waals surface area contributed by atoms with Crippen molar-refractivity contribution in [1.29, 1.82) is 0 Å². The van der Waals surface area contributed by atoms with E-state index < -0.39 is 5.97 Å². The zero-order valence-corrected chi connectivity index (χ0v) is 10.5. The van der Waals surface area contributed by atoms with Crippen LogP contribution in [-0.4, -0.2) is 38.4 Å². The topological polar surface area (TPSA) is 57.8 Å². The third-order valence-corrected chi connectivity index (χ3v) is 3.39. The van der Waals surface area contributed by atoms with Crippen molar-refractivity contribution in [2.45, 2.75) is 19.9 Å². The van der Waals surface area contributed by atoms with Crippen molar-refractivity contribution >= 4 is 22.3 Å². The van der Waals surface area contributed by atoms with Crippen molar-refractivity contribution < 1.29 is 9.90 Å². The predicted octanol–water partition coefficient (Wildman–Crippen LogP) is 1.69. The van der Waals surface area contributed by atoms with Crippen LogP contribution in [0.15, 0.2) is 17.8 Å². The first-order chi connectivity index (χ1) is 8.19. The minimum atomic E-state index is -0.755. The van der Waals surface area contributed by atoms with Crippen LogP contribution in [0.4, 0.5) is 0 Å². The molecule has 92 valence electrons. The molecule has 0 amide bonds. The maximum atomic E-state index is 10.5. The number of hydrogen-bond acceptors (Lipinski definition) is 4. The molecule has 0 atom stereocenters. The Bertz CT molecular complexity index is 477. The van der Waals surface area contributed by atoms with E-state index in [1.54, 1.807) is 11.3 Å². The van der Waals surface area contributed by atoms with Crippen LogP contribution in [0.25, 0.3) is 4.96 Å². The number of aliphatic carboxylic acids is 1. The quantitative estimate of drug-likeness (QED) is 0.851. The Hall–Kier alpha value is -1.40. The molecule has 2 rings (SSSR count). The van der Waals surface area contributed by atoms with Crippen LogP contribution in [0.5, 0.6) is 0 Å². The van der Waals surface area contributed by atoms with Gasteiger partial charge in [-0.3, -0.25) is 14.1 Å². The molecule has 0 fully saturated rings. The second-order valence-electron chi connectivity index (χ2n) is 3.84. The predicted molar refractivity (Wildman–Crippen MR) is 66.3 cm³/mol. The SMILES string of the molecule is CCN(CCC(=O)O)Cc1cn2ccsc2n1. The lowest BCUT2D eigenvalue weighted by Crippen LogP contribution is -2.25. The van der Waals surface area contributed by atoms with Crippen molar-refractivity contribution in [2.75, 3.05) is 13.1 Å². The first kappa shape index (κ1) is 12.1. The number of carboxylic acids is 1. The standard InChI is InChI=1S/C11H15N3O2S/c1-2-13(4-3-10(15)16)7-9-8-14-5-6-17-11(14)12-9/h5-6,8H,2-4,7H2,1H3,(H,15,16). The molecule has 0 saturated heterocycles. The number of imidazole rings is 1. The number of carboxylic acid groups (broad SMARTS) is 1. The van der Waals surface area contributed by atoms with Crippen molar-refractivity contribution in [3.05, 3.63) is 23.5 Å². The van der Waals surface area contributed by atoms with Gasteiger partial charge in [-0.05, 0) is 6.54 Å². The summed E-state index contributed by atoms with van der Waals surface area (Å²) >= 11 is 1.60. The van der Waals surface area contributed by atoms with Gasteiger partial charge in [0.1, 0.15) is 0 Å². The Kier molecular flexibility index (Phi) is 3.75. The lowest BCUT2D eigenvalue weighted by atomic mass is 10.3. The monoisotopic (exact) mass is 253 g/mol. The zero-order chi connectivity index (χ0) is 12.3. The summed E-state index contributed by atoms with van der Waals surface area (Å²) in [6.07, 6.45) is 4.15. The fraction of sp³-hybridized carbons (Fsp3) is 0.455. The van der Waals surface area contributed by atoms with Crippen molar-refractivity contribution in [2.24, 2.45) is 0 Å². The Labute approximate surface area is 103 Å². The summed E-state index contributed by atoms with van der Waals surface area (Å²) in [5, 5.41) is 10.7. The van der Waals surface area contributed by atoms with Gasteiger partial charge in [0.15, 0.2) is 4.96 Å². The third-order valence-electron chi connectivity index (χ3n) is 2.62. The molecule has 0 spiro atoms. The molecule has 0 unspecified atom stereocenters. The maximum absolute atomic E-state index is 10.5. The summed E-state index contributed by atoms with van der Waals surface area (Å²) < 4.78 is 1.99. The minimum Gasteiger partial charge on any atom is -0.481 e. The highest BCUT2D eigenvalue weighted by molar-refractivity contribution is 7.15. The molecule has 1 N–H and O–H groups in total. The summed E-state index contributed by atoms with van der Waals surface area (Å²) in [4.78, 5) is 18.1. The van der Waals surface area contributed by atoms with Crippen LogP contribution >= 0.6 is 11.3 Å². The smallest absolute Gasteiger partial charge is 0.304 e. The van der Waals surface area contributed by atoms with Crippen LogP contribution in [-0.2, 0) is 11.3 Å². The molecule has 6 heteroatoms. The van der Waals surface area contributed by atoms with Crippen LogP contribution < -0.4 is 0 Å². The van der Waals surface area contributed by atoms with Gasteiger partial charge < -0.3 is 5.11 Å². The summed E-state index contributed by atoms with van der Waals surface area (Å²) in [6.45, 7) is 4.13. The Morgan fingerprint density at radius 1 is 1.65 bits per heavy atom. The third kappa shape index (κ3) is 3.04. The minimum absolute atomic E-state index is 0.177. The Balaban J connectivity index is 1.98. The summed E-state index contributed by atoms with van der Waals surface area (Å²) in [6, 6.07) is 0. The van der Waals surface area contributed by atoms with E-state index in [-0.39, 0.29) is 6.42 Å². The molecule has 17 heavy (non-hydrogen) atoms. The van der Waals surface area contributed by atoms with E-state index in [1.807, 2.05) is 29.1 Å². The second kappa shape index (κ2) is 5.29. The molecular formula is C11H15N3O2S. The van der Waals surface area contributed by atoms with Crippen molar-refractivity contribution in [3.63, 3.8) is 0 Å². The number of aromatic nitrogens is 2. The average molecular weight is 253 g/mol. The molecule has 2 aromatic rings. The van der Waals surface area contributed by atoms with Crippen LogP contribution in [0.2, 0.25) is 0 Å². The highest BCUT2D eigenvalue weighted by Crippen LogP contribution is 2.12. The highest BCUT2D eigenvalue weighted by Gasteiger charge is 2.09. The summed E-state index contributed by atoms with van der Waals surface area (Å²) in [5.41, 5.74) is 0.990. The molecule has 0 bridgehead atoms. The fourth-order valence-electron chi connectivity index (χ4n) is 1.68. The van der Waals surface area contributed by atoms with E-state index in [4.69, 9.17) is 5.11 Å². The van der Waals surface area contributed by atoms with Gasteiger partial charge >= 0.3 is 5.97 Å². The van der Waals surface area contributed by atoms with E-state index in [0.717, 1.165) is 17.2 Å². The molecule has 0 saturated carbocycles. The highest BCUT2D eigenvalue weighted by atomic mass is 32.1. The molecule has 2 heterocycles. The van der Waals surface area contributed by atoms with E-state index >= 15 is 0 Å². The second-order valence-corrected chi connectivity index (χ2v) is 4.71. The summed E-state index contributed by atoms with van der Waals surface area (Å²) in [7, 11) is 0. The molecule has 0 aliphatic carbocycles. The average Bonchev–Trinajstić information content (AvgIpc) is 2.83. The number of thiazole rings is 1. The first-order valence-corrected chi connectivity index (χ1v) is 6.42. The maximum Gasteiger partial charge on any atom is 0.304 e. The van der Waals surface area contributed by atoms with Gasteiger partial charge in [-0.2, -0.15) is 0 Å². The molecular weight excluding hydrogens is 238 g/mol. The van der Waals surface area contributed by atoms with Crippen molar-refractivity contribution in [1.82, 2.24) is 14.3 Å². The van der Waals surface area contributed by atoms with Gasteiger partial charge in [-0.25, -0.2) is 4.98 Å². The van der Waals surface area contributed by atoms with Gasteiger partial charge in [0, 0.05) is 30.9 Å².